The molecule has 0 radical (unpaired) electrons. The first kappa shape index (κ1) is 14.3. The summed E-state index contributed by atoms with van der Waals surface area (Å²) < 4.78 is 7.14. The molecule has 21 heavy (non-hydrogen) atoms. The third kappa shape index (κ3) is 2.01. The van der Waals surface area contributed by atoms with Crippen LogP contribution in [0.4, 0.5) is 11.8 Å². The number of aliphatic hydroxyl groups is 2. The van der Waals surface area contributed by atoms with Crippen LogP contribution < -0.4 is 11.5 Å². The van der Waals surface area contributed by atoms with Crippen LogP contribution in [0.2, 0.25) is 0 Å². The number of aliphatic hydroxyl groups excluding tert-OH is 2. The smallest absolute Gasteiger partial charge is 0.224 e. The number of ether oxygens (including phenoxy) is 1. The molecular formula is C11H15ClN6O3. The highest BCUT2D eigenvalue weighted by Crippen LogP contribution is 2.44. The van der Waals surface area contributed by atoms with Gasteiger partial charge in [-0.25, -0.2) is 4.98 Å². The molecule has 0 bridgehead atoms. The van der Waals surface area contributed by atoms with E-state index in [4.69, 9.17) is 27.8 Å². The van der Waals surface area contributed by atoms with Crippen molar-refractivity contribution in [1.29, 1.82) is 0 Å². The molecule has 3 rings (SSSR count). The number of nitrogen functional groups attached to an aromatic ring is 2. The first-order chi connectivity index (χ1) is 9.86. The Labute approximate surface area is 124 Å². The van der Waals surface area contributed by atoms with Crippen LogP contribution in [0.3, 0.4) is 0 Å². The van der Waals surface area contributed by atoms with Crippen LogP contribution in [0, 0.1) is 0 Å². The van der Waals surface area contributed by atoms with Crippen LogP contribution in [-0.2, 0) is 4.74 Å². The zero-order chi connectivity index (χ0) is 15.4. The van der Waals surface area contributed by atoms with E-state index in [1.165, 1.54) is 10.9 Å². The van der Waals surface area contributed by atoms with Crippen molar-refractivity contribution in [3.8, 4) is 0 Å². The monoisotopic (exact) mass is 314 g/mol. The highest BCUT2D eigenvalue weighted by molar-refractivity contribution is 6.24. The summed E-state index contributed by atoms with van der Waals surface area (Å²) in [5.74, 6) is 0.139. The number of alkyl halides is 1. The lowest BCUT2D eigenvalue weighted by molar-refractivity contribution is -0.0441. The lowest BCUT2D eigenvalue weighted by Crippen LogP contribution is -2.39. The van der Waals surface area contributed by atoms with Gasteiger partial charge in [0.1, 0.15) is 22.6 Å². The average molecular weight is 315 g/mol. The van der Waals surface area contributed by atoms with Gasteiger partial charge in [-0.1, -0.05) is 0 Å². The highest BCUT2D eigenvalue weighted by Gasteiger charge is 2.53. The Morgan fingerprint density at radius 1 is 1.48 bits per heavy atom. The van der Waals surface area contributed by atoms with Crippen LogP contribution in [-0.4, -0.2) is 53.4 Å². The molecule has 0 aliphatic carbocycles. The van der Waals surface area contributed by atoms with Crippen molar-refractivity contribution in [1.82, 2.24) is 19.5 Å². The topological polar surface area (TPSA) is 145 Å². The van der Waals surface area contributed by atoms with Gasteiger partial charge in [0.2, 0.25) is 5.95 Å². The van der Waals surface area contributed by atoms with E-state index in [2.05, 4.69) is 15.0 Å². The Morgan fingerprint density at radius 2 is 2.19 bits per heavy atom. The van der Waals surface area contributed by atoms with Gasteiger partial charge in [-0.05, 0) is 6.92 Å². The van der Waals surface area contributed by atoms with Gasteiger partial charge in [-0.15, -0.1) is 11.6 Å². The van der Waals surface area contributed by atoms with Crippen molar-refractivity contribution in [3.05, 3.63) is 6.33 Å². The molecule has 0 unspecified atom stereocenters. The van der Waals surface area contributed by atoms with Gasteiger partial charge in [0.25, 0.3) is 0 Å². The number of imidazole rings is 1. The molecule has 2 aromatic rings. The Hall–Kier alpha value is -1.68. The van der Waals surface area contributed by atoms with Crippen LogP contribution in [0.5, 0.6) is 0 Å². The summed E-state index contributed by atoms with van der Waals surface area (Å²) in [7, 11) is 0. The highest BCUT2D eigenvalue weighted by atomic mass is 35.5. The minimum Gasteiger partial charge on any atom is -0.394 e. The van der Waals surface area contributed by atoms with E-state index in [0.717, 1.165) is 0 Å². The molecule has 1 fully saturated rings. The van der Waals surface area contributed by atoms with Gasteiger partial charge in [-0.3, -0.25) is 4.57 Å². The van der Waals surface area contributed by atoms with Crippen molar-refractivity contribution in [3.63, 3.8) is 0 Å². The van der Waals surface area contributed by atoms with Gasteiger partial charge in [-0.2, -0.15) is 9.97 Å². The second-order valence-corrected chi connectivity index (χ2v) is 5.91. The first-order valence-corrected chi connectivity index (χ1v) is 6.63. The number of halogens is 1. The Bertz CT molecular complexity index is 690. The molecular weight excluding hydrogens is 300 g/mol. The van der Waals surface area contributed by atoms with E-state index in [1.807, 2.05) is 0 Å². The Morgan fingerprint density at radius 3 is 2.81 bits per heavy atom. The number of fused-ring (bicyclic) bond motifs is 1. The zero-order valence-corrected chi connectivity index (χ0v) is 11.9. The lowest BCUT2D eigenvalue weighted by atomic mass is 10.0. The minimum absolute atomic E-state index is 0.00437. The summed E-state index contributed by atoms with van der Waals surface area (Å²) in [5, 5.41) is 19.4. The van der Waals surface area contributed by atoms with E-state index >= 15 is 0 Å². The van der Waals surface area contributed by atoms with Gasteiger partial charge >= 0.3 is 0 Å². The van der Waals surface area contributed by atoms with Crippen molar-refractivity contribution in [2.45, 2.75) is 30.2 Å². The molecule has 114 valence electrons. The molecule has 0 aromatic carbocycles. The SMILES string of the molecule is C[C@@]1(Cl)[C@H](O)[C@@H](CO)O[C@H]1n1cnc2c(N)nc(N)nc21. The van der Waals surface area contributed by atoms with Gasteiger partial charge in [0.15, 0.2) is 17.7 Å². The van der Waals surface area contributed by atoms with Crippen LogP contribution in [0.1, 0.15) is 13.2 Å². The van der Waals surface area contributed by atoms with Crippen molar-refractivity contribution < 1.29 is 14.9 Å². The molecule has 3 heterocycles. The second-order valence-electron chi connectivity index (χ2n) is 5.10. The number of aromatic nitrogens is 4. The number of rotatable bonds is 2. The Balaban J connectivity index is 2.13. The number of nitrogens with two attached hydrogens (primary N) is 2. The molecule has 10 heteroatoms. The molecule has 1 aliphatic rings. The van der Waals surface area contributed by atoms with Gasteiger partial charge < -0.3 is 26.4 Å². The van der Waals surface area contributed by atoms with Crippen LogP contribution in [0.25, 0.3) is 11.2 Å². The molecule has 0 amide bonds. The van der Waals surface area contributed by atoms with E-state index in [-0.39, 0.29) is 18.4 Å². The largest absolute Gasteiger partial charge is 0.394 e. The Kier molecular flexibility index (Phi) is 3.17. The number of anilines is 2. The van der Waals surface area contributed by atoms with Crippen molar-refractivity contribution in [2.24, 2.45) is 0 Å². The quantitative estimate of drug-likeness (QED) is 0.529. The van der Waals surface area contributed by atoms with Crippen LogP contribution in [0.15, 0.2) is 6.33 Å². The van der Waals surface area contributed by atoms with Crippen molar-refractivity contribution in [2.75, 3.05) is 18.1 Å². The third-order valence-corrected chi connectivity index (χ3v) is 4.03. The van der Waals surface area contributed by atoms with Gasteiger partial charge in [0, 0.05) is 0 Å². The fraction of sp³-hybridized carbons (Fsp3) is 0.545. The standard InChI is InChI=1S/C11H15ClN6O3/c1-11(12)6(20)4(2-19)21-9(11)18-3-15-5-7(13)16-10(14)17-8(5)18/h3-4,6,9,19-20H,2H2,1H3,(H4,13,14,16,17)/t4-,6-,9-,11-/m1/s1. The molecule has 1 saturated heterocycles. The normalized spacial score (nSPS) is 32.9. The van der Waals surface area contributed by atoms with E-state index in [9.17, 15) is 10.2 Å². The number of hydrogen-bond donors (Lipinski definition) is 4. The predicted octanol–water partition coefficient (Wildman–Crippen LogP) is -0.761. The fourth-order valence-corrected chi connectivity index (χ4v) is 2.79. The molecule has 6 N–H and O–H groups in total. The third-order valence-electron chi connectivity index (χ3n) is 3.62. The van der Waals surface area contributed by atoms with Crippen LogP contribution >= 0.6 is 11.6 Å². The molecule has 0 saturated carbocycles. The summed E-state index contributed by atoms with van der Waals surface area (Å²) >= 11 is 6.39. The van der Waals surface area contributed by atoms with Gasteiger partial charge in [0.05, 0.1) is 12.9 Å². The van der Waals surface area contributed by atoms with E-state index in [0.29, 0.717) is 11.2 Å². The first-order valence-electron chi connectivity index (χ1n) is 6.25. The molecule has 9 nitrogen and oxygen atoms in total. The molecule has 2 aromatic heterocycles. The molecule has 0 spiro atoms. The summed E-state index contributed by atoms with van der Waals surface area (Å²) in [6.07, 6.45) is -1.20. The fourth-order valence-electron chi connectivity index (χ4n) is 2.49. The maximum atomic E-state index is 10.1. The number of hydrogen-bond acceptors (Lipinski definition) is 8. The summed E-state index contributed by atoms with van der Waals surface area (Å²) in [4.78, 5) is 10.9. The summed E-state index contributed by atoms with van der Waals surface area (Å²) in [5.41, 5.74) is 12.1. The molecule has 4 atom stereocenters. The maximum Gasteiger partial charge on any atom is 0.224 e. The molecule has 1 aliphatic heterocycles. The summed E-state index contributed by atoms with van der Waals surface area (Å²) in [6, 6.07) is 0. The second kappa shape index (κ2) is 4.67. The zero-order valence-electron chi connectivity index (χ0n) is 11.1. The van der Waals surface area contributed by atoms with E-state index in [1.54, 1.807) is 6.92 Å². The average Bonchev–Trinajstić information content (AvgIpc) is 2.91. The predicted molar refractivity (Wildman–Crippen MR) is 75.4 cm³/mol. The lowest BCUT2D eigenvalue weighted by Gasteiger charge is -2.26. The van der Waals surface area contributed by atoms with E-state index < -0.39 is 23.3 Å². The minimum atomic E-state index is -1.17. The summed E-state index contributed by atoms with van der Waals surface area (Å²) in [6.45, 7) is 1.26. The van der Waals surface area contributed by atoms with Crippen molar-refractivity contribution >= 4 is 34.5 Å². The maximum absolute atomic E-state index is 10.1. The number of nitrogens with zero attached hydrogens (tertiary/aromatic N) is 4.